The molecule has 34 heavy (non-hydrogen) atoms. The van der Waals surface area contributed by atoms with E-state index >= 15 is 0 Å². The maximum Gasteiger partial charge on any atom is 0.269 e. The van der Waals surface area contributed by atoms with Crippen molar-refractivity contribution in [2.75, 3.05) is 43.6 Å². The van der Waals surface area contributed by atoms with E-state index in [-0.39, 0.29) is 17.5 Å². The summed E-state index contributed by atoms with van der Waals surface area (Å²) in [6.45, 7) is 4.79. The van der Waals surface area contributed by atoms with Gasteiger partial charge in [-0.1, -0.05) is 6.92 Å². The molecule has 0 unspecified atom stereocenters. The number of amides is 2. The van der Waals surface area contributed by atoms with E-state index in [1.807, 2.05) is 6.07 Å². The first kappa shape index (κ1) is 24.9. The van der Waals surface area contributed by atoms with Crippen LogP contribution < -0.4 is 15.5 Å². The predicted octanol–water partition coefficient (Wildman–Crippen LogP) is 3.86. The average molecular weight is 467 g/mol. The topological polar surface area (TPSA) is 114 Å². The minimum Gasteiger partial charge on any atom is -0.383 e. The maximum atomic E-state index is 12.9. The number of nitrogens with zero attached hydrogens (tertiary/aromatic N) is 2. The van der Waals surface area contributed by atoms with Gasteiger partial charge in [0.05, 0.1) is 17.1 Å². The van der Waals surface area contributed by atoms with Crippen molar-refractivity contribution in [2.45, 2.75) is 19.8 Å². The van der Waals surface area contributed by atoms with Crippen molar-refractivity contribution < 1.29 is 19.2 Å². The van der Waals surface area contributed by atoms with E-state index < -0.39 is 4.92 Å². The number of hydrogen-bond donors (Lipinski definition) is 2. The number of methoxy groups -OCH3 is 1. The molecule has 0 bridgehead atoms. The molecule has 1 aliphatic rings. The molecule has 2 N–H and O–H groups in total. The number of ether oxygens (including phenoxy) is 1. The number of non-ortho nitro benzene ring substituents is 1. The summed E-state index contributed by atoms with van der Waals surface area (Å²) in [6, 6.07) is 11.2. The lowest BCUT2D eigenvalue weighted by atomic mass is 9.97. The second kappa shape index (κ2) is 11.9. The summed E-state index contributed by atoms with van der Waals surface area (Å²) in [5.74, 6) is 0.0724. The summed E-state index contributed by atoms with van der Waals surface area (Å²) >= 11 is 0. The Labute approximate surface area is 198 Å². The lowest BCUT2D eigenvalue weighted by Crippen LogP contribution is -2.35. The fraction of sp³-hybridized carbons (Fsp3) is 0.360. The molecule has 0 aliphatic carbocycles. The summed E-state index contributed by atoms with van der Waals surface area (Å²) < 4.78 is 5.02. The number of benzene rings is 2. The highest BCUT2D eigenvalue weighted by Crippen LogP contribution is 2.29. The number of carbonyl (C=O) groups is 2. The largest absolute Gasteiger partial charge is 0.383 e. The van der Waals surface area contributed by atoms with Gasteiger partial charge in [0.15, 0.2) is 0 Å². The zero-order chi connectivity index (χ0) is 24.5. The second-order valence-corrected chi connectivity index (χ2v) is 8.32. The quantitative estimate of drug-likeness (QED) is 0.251. The third kappa shape index (κ3) is 6.89. The van der Waals surface area contributed by atoms with Gasteiger partial charge in [0.2, 0.25) is 5.91 Å². The Balaban J connectivity index is 1.74. The van der Waals surface area contributed by atoms with Crippen LogP contribution >= 0.6 is 0 Å². The van der Waals surface area contributed by atoms with Gasteiger partial charge in [-0.15, -0.1) is 0 Å². The molecule has 1 aliphatic heterocycles. The van der Waals surface area contributed by atoms with E-state index in [0.29, 0.717) is 35.9 Å². The molecule has 0 spiro atoms. The number of carbonyl (C=O) groups excluding carboxylic acids is 2. The summed E-state index contributed by atoms with van der Waals surface area (Å²) in [5.41, 5.74) is 2.50. The van der Waals surface area contributed by atoms with Crippen molar-refractivity contribution in [3.8, 4) is 0 Å². The first-order valence-electron chi connectivity index (χ1n) is 11.3. The van der Waals surface area contributed by atoms with E-state index in [1.54, 1.807) is 37.5 Å². The highest BCUT2D eigenvalue weighted by molar-refractivity contribution is 6.05. The van der Waals surface area contributed by atoms with Crippen LogP contribution in [0.25, 0.3) is 6.08 Å². The highest BCUT2D eigenvalue weighted by Gasteiger charge is 2.21. The molecule has 2 aromatic rings. The van der Waals surface area contributed by atoms with Crippen LogP contribution in [0.1, 0.15) is 35.7 Å². The molecule has 0 saturated carbocycles. The standard InChI is InChI=1S/C25H30N4O5/c1-18-11-14-28(15-12-18)23-9-6-20(17-22(23)25(31)26-13-16-34-2)27-24(30)10-5-19-3-7-21(8-4-19)29(32)33/h3-10,17-18H,11-16H2,1-2H3,(H,26,31)(H,27,30)/b10-5+. The number of piperidine rings is 1. The summed E-state index contributed by atoms with van der Waals surface area (Å²) in [7, 11) is 1.58. The zero-order valence-electron chi connectivity index (χ0n) is 19.5. The molecule has 180 valence electrons. The van der Waals surface area contributed by atoms with E-state index in [9.17, 15) is 19.7 Å². The van der Waals surface area contributed by atoms with Gasteiger partial charge >= 0.3 is 0 Å². The number of anilines is 2. The van der Waals surface area contributed by atoms with Crippen molar-refractivity contribution >= 4 is 35.0 Å². The normalized spacial score (nSPS) is 14.2. The van der Waals surface area contributed by atoms with Crippen molar-refractivity contribution in [2.24, 2.45) is 5.92 Å². The molecule has 3 rings (SSSR count). The molecule has 0 aromatic heterocycles. The third-order valence-electron chi connectivity index (χ3n) is 5.76. The number of rotatable bonds is 9. The fourth-order valence-electron chi connectivity index (χ4n) is 3.75. The molecule has 9 nitrogen and oxygen atoms in total. The van der Waals surface area contributed by atoms with Gasteiger partial charge in [-0.05, 0) is 60.7 Å². The maximum absolute atomic E-state index is 12.9. The molecule has 1 heterocycles. The summed E-state index contributed by atoms with van der Waals surface area (Å²) in [6.07, 6.45) is 5.05. The van der Waals surface area contributed by atoms with Gasteiger partial charge in [-0.3, -0.25) is 19.7 Å². The van der Waals surface area contributed by atoms with Crippen molar-refractivity contribution in [3.63, 3.8) is 0 Å². The number of nitrogens with one attached hydrogen (secondary N) is 2. The Hall–Kier alpha value is -3.72. The van der Waals surface area contributed by atoms with Gasteiger partial charge in [0.1, 0.15) is 0 Å². The Morgan fingerprint density at radius 2 is 1.88 bits per heavy atom. The van der Waals surface area contributed by atoms with Gasteiger partial charge in [0.25, 0.3) is 11.6 Å². The van der Waals surface area contributed by atoms with Crippen molar-refractivity contribution in [1.29, 1.82) is 0 Å². The minimum absolute atomic E-state index is 0.0128. The first-order valence-corrected chi connectivity index (χ1v) is 11.3. The number of nitro benzene ring substituents is 1. The van der Waals surface area contributed by atoms with E-state index in [1.165, 1.54) is 18.2 Å². The van der Waals surface area contributed by atoms with Crippen LogP contribution in [0, 0.1) is 16.0 Å². The van der Waals surface area contributed by atoms with Crippen molar-refractivity contribution in [3.05, 3.63) is 69.8 Å². The fourth-order valence-corrected chi connectivity index (χ4v) is 3.75. The molecule has 1 saturated heterocycles. The van der Waals surface area contributed by atoms with Gasteiger partial charge in [-0.2, -0.15) is 0 Å². The molecular weight excluding hydrogens is 436 g/mol. The molecule has 2 amide bonds. The SMILES string of the molecule is COCCNC(=O)c1cc(NC(=O)/C=C/c2ccc([N+](=O)[O-])cc2)ccc1N1CCC(C)CC1. The van der Waals surface area contributed by atoms with Crippen LogP contribution in [0.4, 0.5) is 17.1 Å². The molecule has 1 fully saturated rings. The monoisotopic (exact) mass is 466 g/mol. The van der Waals surface area contributed by atoms with Crippen LogP contribution in [-0.2, 0) is 9.53 Å². The average Bonchev–Trinajstić information content (AvgIpc) is 2.83. The molecule has 9 heteroatoms. The molecule has 0 radical (unpaired) electrons. The number of hydrogen-bond acceptors (Lipinski definition) is 6. The van der Waals surface area contributed by atoms with Crippen LogP contribution in [0.15, 0.2) is 48.5 Å². The number of nitro groups is 1. The molecular formula is C25H30N4O5. The first-order chi connectivity index (χ1) is 16.4. The van der Waals surface area contributed by atoms with E-state index in [4.69, 9.17) is 4.74 Å². The Bertz CT molecular complexity index is 1040. The summed E-state index contributed by atoms with van der Waals surface area (Å²) in [5, 5.41) is 16.4. The Morgan fingerprint density at radius 3 is 2.53 bits per heavy atom. The van der Waals surface area contributed by atoms with Gasteiger partial charge in [-0.25, -0.2) is 0 Å². The van der Waals surface area contributed by atoms with Crippen molar-refractivity contribution in [1.82, 2.24) is 5.32 Å². The van der Waals surface area contributed by atoms with Crippen LogP contribution in [0.2, 0.25) is 0 Å². The van der Waals surface area contributed by atoms with Gasteiger partial charge in [0, 0.05) is 56.3 Å². The lowest BCUT2D eigenvalue weighted by Gasteiger charge is -2.33. The smallest absolute Gasteiger partial charge is 0.269 e. The lowest BCUT2D eigenvalue weighted by molar-refractivity contribution is -0.384. The van der Waals surface area contributed by atoms with E-state index in [0.717, 1.165) is 31.6 Å². The Kier molecular flexibility index (Phi) is 8.75. The third-order valence-corrected chi connectivity index (χ3v) is 5.76. The molecule has 0 atom stereocenters. The highest BCUT2D eigenvalue weighted by atomic mass is 16.6. The van der Waals surface area contributed by atoms with E-state index in [2.05, 4.69) is 22.5 Å². The van der Waals surface area contributed by atoms with Crippen LogP contribution in [0.3, 0.4) is 0 Å². The molecule has 2 aromatic carbocycles. The summed E-state index contributed by atoms with van der Waals surface area (Å²) in [4.78, 5) is 37.8. The van der Waals surface area contributed by atoms with Gasteiger partial charge < -0.3 is 20.3 Å². The minimum atomic E-state index is -0.475. The predicted molar refractivity (Wildman–Crippen MR) is 132 cm³/mol. The van der Waals surface area contributed by atoms with Crippen LogP contribution in [0.5, 0.6) is 0 Å². The second-order valence-electron chi connectivity index (χ2n) is 8.32. The van der Waals surface area contributed by atoms with Crippen LogP contribution in [-0.4, -0.2) is 50.1 Å². The zero-order valence-corrected chi connectivity index (χ0v) is 19.5. The Morgan fingerprint density at radius 1 is 1.18 bits per heavy atom.